The third-order valence-corrected chi connectivity index (χ3v) is 6.00. The Bertz CT molecular complexity index is 817. The number of rotatable bonds is 10. The summed E-state index contributed by atoms with van der Waals surface area (Å²) in [6, 6.07) is 7.61. The number of para-hydroxylation sites is 1. The van der Waals surface area contributed by atoms with Crippen molar-refractivity contribution in [3.63, 3.8) is 0 Å². The van der Waals surface area contributed by atoms with E-state index in [1.807, 2.05) is 31.2 Å². The number of nitrogens with zero attached hydrogens (tertiary/aromatic N) is 3. The van der Waals surface area contributed by atoms with Crippen molar-refractivity contribution in [2.45, 2.75) is 45.4 Å². The average Bonchev–Trinajstić information content (AvgIpc) is 3.39. The van der Waals surface area contributed by atoms with Gasteiger partial charge in [-0.05, 0) is 63.9 Å². The summed E-state index contributed by atoms with van der Waals surface area (Å²) < 4.78 is 0. The summed E-state index contributed by atoms with van der Waals surface area (Å²) in [5.41, 5.74) is 1.77. The number of aromatic nitrogens is 2. The Labute approximate surface area is 175 Å². The number of hydrogen-bond acceptors (Lipinski definition) is 6. The van der Waals surface area contributed by atoms with Gasteiger partial charge in [-0.25, -0.2) is 0 Å². The number of carbonyl (C=O) groups is 2. The smallest absolute Gasteiger partial charge is 0.286 e. The van der Waals surface area contributed by atoms with Gasteiger partial charge in [-0.2, -0.15) is 0 Å². The maximum atomic E-state index is 12.3. The molecule has 2 heterocycles. The van der Waals surface area contributed by atoms with E-state index in [-0.39, 0.29) is 11.8 Å². The van der Waals surface area contributed by atoms with E-state index < -0.39 is 0 Å². The molecule has 1 fully saturated rings. The van der Waals surface area contributed by atoms with Crippen molar-refractivity contribution in [3.8, 4) is 0 Å². The predicted molar refractivity (Wildman–Crippen MR) is 115 cm³/mol. The van der Waals surface area contributed by atoms with Crippen LogP contribution >= 0.6 is 11.3 Å². The van der Waals surface area contributed by atoms with Gasteiger partial charge in [-0.3, -0.25) is 9.59 Å². The second-order valence-electron chi connectivity index (χ2n) is 7.38. The lowest BCUT2D eigenvalue weighted by molar-refractivity contribution is -0.121. The monoisotopic (exact) mass is 415 g/mol. The number of carbonyl (C=O) groups excluding carboxylic acids is 2. The normalized spacial score (nSPS) is 14.1. The van der Waals surface area contributed by atoms with E-state index in [0.29, 0.717) is 24.3 Å². The van der Waals surface area contributed by atoms with Crippen molar-refractivity contribution < 1.29 is 9.59 Å². The number of aryl methyl sites for hydroxylation is 2. The minimum absolute atomic E-state index is 0.0773. The van der Waals surface area contributed by atoms with E-state index in [4.69, 9.17) is 0 Å². The maximum Gasteiger partial charge on any atom is 0.286 e. The fourth-order valence-electron chi connectivity index (χ4n) is 3.36. The first-order valence-electron chi connectivity index (χ1n) is 10.3. The average molecular weight is 416 g/mol. The van der Waals surface area contributed by atoms with Gasteiger partial charge in [-0.1, -0.05) is 29.5 Å². The molecule has 0 unspecified atom stereocenters. The molecule has 2 aromatic rings. The maximum absolute atomic E-state index is 12.3. The lowest BCUT2D eigenvalue weighted by atomic mass is 10.2. The molecule has 0 aliphatic carbocycles. The predicted octanol–water partition coefficient (Wildman–Crippen LogP) is 3.02. The highest BCUT2D eigenvalue weighted by molar-refractivity contribution is 7.13. The van der Waals surface area contributed by atoms with E-state index >= 15 is 0 Å². The highest BCUT2D eigenvalue weighted by Gasteiger charge is 2.14. The summed E-state index contributed by atoms with van der Waals surface area (Å²) in [6.45, 7) is 6.13. The molecule has 1 aliphatic rings. The van der Waals surface area contributed by atoms with Gasteiger partial charge in [0.1, 0.15) is 5.01 Å². The van der Waals surface area contributed by atoms with E-state index in [2.05, 4.69) is 25.7 Å². The Hall–Kier alpha value is -2.32. The van der Waals surface area contributed by atoms with Crippen LogP contribution in [0.1, 0.15) is 52.5 Å². The van der Waals surface area contributed by atoms with Crippen molar-refractivity contribution >= 4 is 28.8 Å². The lowest BCUT2D eigenvalue weighted by Gasteiger charge is -2.14. The molecule has 1 aliphatic heterocycles. The summed E-state index contributed by atoms with van der Waals surface area (Å²) in [5, 5.41) is 15.1. The second-order valence-corrected chi connectivity index (χ2v) is 8.44. The van der Waals surface area contributed by atoms with E-state index in [9.17, 15) is 9.59 Å². The van der Waals surface area contributed by atoms with Crippen LogP contribution in [0.2, 0.25) is 0 Å². The van der Waals surface area contributed by atoms with Gasteiger partial charge in [0.2, 0.25) is 10.9 Å². The SMILES string of the molecule is Cc1ccccc1NC(=O)c1nnc(CCCC(=O)NCCCN2CCCC2)s1. The Morgan fingerprint density at radius 1 is 1.14 bits per heavy atom. The van der Waals surface area contributed by atoms with Gasteiger partial charge in [0, 0.05) is 25.1 Å². The van der Waals surface area contributed by atoms with E-state index in [1.54, 1.807) is 0 Å². The van der Waals surface area contributed by atoms with Gasteiger partial charge in [-0.15, -0.1) is 10.2 Å². The molecule has 8 heteroatoms. The van der Waals surface area contributed by atoms with Crippen LogP contribution in [-0.2, 0) is 11.2 Å². The van der Waals surface area contributed by atoms with Crippen molar-refractivity contribution in [1.29, 1.82) is 0 Å². The molecule has 7 nitrogen and oxygen atoms in total. The van der Waals surface area contributed by atoms with Gasteiger partial charge >= 0.3 is 0 Å². The molecule has 2 amide bonds. The molecule has 0 saturated carbocycles. The first-order chi connectivity index (χ1) is 14.1. The van der Waals surface area contributed by atoms with Crippen LogP contribution in [0.25, 0.3) is 0 Å². The van der Waals surface area contributed by atoms with Crippen LogP contribution in [0.3, 0.4) is 0 Å². The first-order valence-corrected chi connectivity index (χ1v) is 11.1. The van der Waals surface area contributed by atoms with E-state index in [1.165, 1.54) is 37.3 Å². The van der Waals surface area contributed by atoms with Crippen molar-refractivity contribution in [2.24, 2.45) is 0 Å². The van der Waals surface area contributed by atoms with Crippen LogP contribution in [0.15, 0.2) is 24.3 Å². The Morgan fingerprint density at radius 2 is 1.93 bits per heavy atom. The molecule has 1 aromatic heterocycles. The molecule has 0 radical (unpaired) electrons. The number of benzene rings is 1. The summed E-state index contributed by atoms with van der Waals surface area (Å²) in [5.74, 6) is -0.174. The number of nitrogens with one attached hydrogen (secondary N) is 2. The fraction of sp³-hybridized carbons (Fsp3) is 0.524. The summed E-state index contributed by atoms with van der Waals surface area (Å²) in [6.07, 6.45) is 5.42. The fourth-order valence-corrected chi connectivity index (χ4v) is 4.14. The molecule has 156 valence electrons. The van der Waals surface area contributed by atoms with Gasteiger partial charge in [0.25, 0.3) is 5.91 Å². The van der Waals surface area contributed by atoms with E-state index in [0.717, 1.165) is 35.8 Å². The molecule has 0 bridgehead atoms. The largest absolute Gasteiger partial charge is 0.356 e. The molecule has 0 spiro atoms. The van der Waals surface area contributed by atoms with Crippen molar-refractivity contribution in [3.05, 3.63) is 39.8 Å². The lowest BCUT2D eigenvalue weighted by Crippen LogP contribution is -2.28. The molecule has 3 rings (SSSR count). The molecular weight excluding hydrogens is 386 g/mol. The third kappa shape index (κ3) is 6.90. The topological polar surface area (TPSA) is 87.2 Å². The van der Waals surface area contributed by atoms with Crippen LogP contribution in [0.4, 0.5) is 5.69 Å². The Morgan fingerprint density at radius 3 is 2.72 bits per heavy atom. The van der Waals surface area contributed by atoms with Crippen molar-refractivity contribution in [1.82, 2.24) is 20.4 Å². The molecule has 0 atom stereocenters. The number of anilines is 1. The quantitative estimate of drug-likeness (QED) is 0.583. The summed E-state index contributed by atoms with van der Waals surface area (Å²) in [7, 11) is 0. The molecule has 2 N–H and O–H groups in total. The first kappa shape index (κ1) is 21.4. The van der Waals surface area contributed by atoms with Crippen LogP contribution < -0.4 is 10.6 Å². The molecule has 1 aromatic carbocycles. The highest BCUT2D eigenvalue weighted by atomic mass is 32.1. The molecule has 1 saturated heterocycles. The van der Waals surface area contributed by atoms with Crippen LogP contribution in [0, 0.1) is 6.92 Å². The van der Waals surface area contributed by atoms with Crippen LogP contribution in [0.5, 0.6) is 0 Å². The summed E-state index contributed by atoms with van der Waals surface area (Å²) in [4.78, 5) is 26.7. The highest BCUT2D eigenvalue weighted by Crippen LogP contribution is 2.17. The molecule has 29 heavy (non-hydrogen) atoms. The van der Waals surface area contributed by atoms with Gasteiger partial charge < -0.3 is 15.5 Å². The zero-order chi connectivity index (χ0) is 20.5. The standard InChI is InChI=1S/C21H29N5O2S/c1-16-8-2-3-9-17(16)23-20(28)21-25-24-19(29-21)11-6-10-18(27)22-12-7-15-26-13-4-5-14-26/h2-3,8-9H,4-7,10-15H2,1H3,(H,22,27)(H,23,28). The Balaban J connectivity index is 1.33. The second kappa shape index (κ2) is 11.0. The van der Waals surface area contributed by atoms with Gasteiger partial charge in [0.05, 0.1) is 0 Å². The minimum atomic E-state index is -0.251. The summed E-state index contributed by atoms with van der Waals surface area (Å²) >= 11 is 1.28. The zero-order valence-corrected chi connectivity index (χ0v) is 17.8. The molecular formula is C21H29N5O2S. The number of hydrogen-bond donors (Lipinski definition) is 2. The number of amides is 2. The number of likely N-dealkylation sites (tertiary alicyclic amines) is 1. The van der Waals surface area contributed by atoms with Crippen LogP contribution in [-0.4, -0.2) is 53.1 Å². The van der Waals surface area contributed by atoms with Gasteiger partial charge in [0.15, 0.2) is 0 Å². The minimum Gasteiger partial charge on any atom is -0.356 e. The zero-order valence-electron chi connectivity index (χ0n) is 16.9. The Kier molecular flexibility index (Phi) is 8.13. The third-order valence-electron chi connectivity index (χ3n) is 5.02. The van der Waals surface area contributed by atoms with Crippen molar-refractivity contribution in [2.75, 3.05) is 31.5 Å².